The Balaban J connectivity index is 2.19. The van der Waals surface area contributed by atoms with Gasteiger partial charge >= 0.3 is 0 Å². The van der Waals surface area contributed by atoms with Gasteiger partial charge in [-0.05, 0) is 41.1 Å². The van der Waals surface area contributed by atoms with E-state index in [1.807, 2.05) is 6.92 Å². The van der Waals surface area contributed by atoms with Crippen LogP contribution in [0.2, 0.25) is 0 Å². The lowest BCUT2D eigenvalue weighted by molar-refractivity contribution is 0.576. The Morgan fingerprint density at radius 3 is 2.70 bits per heavy atom. The summed E-state index contributed by atoms with van der Waals surface area (Å²) >= 11 is 2.98. The molecule has 0 aliphatic carbocycles. The van der Waals surface area contributed by atoms with Crippen molar-refractivity contribution in [1.82, 2.24) is 14.5 Å². The first kappa shape index (κ1) is 15.1. The molecule has 0 saturated heterocycles. The van der Waals surface area contributed by atoms with Crippen molar-refractivity contribution in [3.8, 4) is 0 Å². The minimum atomic E-state index is -3.75. The van der Waals surface area contributed by atoms with E-state index in [1.54, 1.807) is 17.9 Å². The Morgan fingerprint density at radius 2 is 2.15 bits per heavy atom. The van der Waals surface area contributed by atoms with E-state index < -0.39 is 15.8 Å². The fraction of sp³-hybridized carbons (Fsp3) is 0.250. The minimum Gasteiger partial charge on any atom is -0.273 e. The third-order valence-electron chi connectivity index (χ3n) is 2.99. The van der Waals surface area contributed by atoms with Gasteiger partial charge in [-0.3, -0.25) is 4.68 Å². The van der Waals surface area contributed by atoms with Crippen molar-refractivity contribution in [2.75, 3.05) is 0 Å². The number of aryl methyl sites for hydroxylation is 1. The van der Waals surface area contributed by atoms with E-state index in [0.717, 1.165) is 17.3 Å². The van der Waals surface area contributed by atoms with Gasteiger partial charge in [0.05, 0.1) is 15.6 Å². The quantitative estimate of drug-likeness (QED) is 0.906. The molecule has 0 bridgehead atoms. The zero-order valence-corrected chi connectivity index (χ0v) is 13.3. The highest BCUT2D eigenvalue weighted by atomic mass is 79.9. The molecule has 2 rings (SSSR count). The number of nitrogens with one attached hydrogen (secondary N) is 1. The molecule has 1 heterocycles. The fourth-order valence-electron chi connectivity index (χ4n) is 1.62. The summed E-state index contributed by atoms with van der Waals surface area (Å²) in [6, 6.07) is 3.67. The molecule has 0 radical (unpaired) electrons. The molecule has 1 aromatic heterocycles. The zero-order chi connectivity index (χ0) is 14.9. The van der Waals surface area contributed by atoms with Gasteiger partial charge in [0.1, 0.15) is 5.82 Å². The predicted molar refractivity (Wildman–Crippen MR) is 76.1 cm³/mol. The molecule has 0 saturated carbocycles. The smallest absolute Gasteiger partial charge is 0.240 e. The average molecular weight is 362 g/mol. The fourth-order valence-corrected chi connectivity index (χ4v) is 2.88. The molecule has 0 atom stereocenters. The van der Waals surface area contributed by atoms with Crippen LogP contribution in [0.4, 0.5) is 4.39 Å². The number of sulfonamides is 1. The van der Waals surface area contributed by atoms with Crippen LogP contribution >= 0.6 is 15.9 Å². The van der Waals surface area contributed by atoms with Crippen molar-refractivity contribution >= 4 is 26.0 Å². The molecule has 20 heavy (non-hydrogen) atoms. The van der Waals surface area contributed by atoms with Crippen LogP contribution in [0.25, 0.3) is 0 Å². The van der Waals surface area contributed by atoms with Crippen LogP contribution in [0.5, 0.6) is 0 Å². The first-order valence-electron chi connectivity index (χ1n) is 5.73. The minimum absolute atomic E-state index is 0.111. The van der Waals surface area contributed by atoms with Gasteiger partial charge in [-0.15, -0.1) is 0 Å². The van der Waals surface area contributed by atoms with E-state index in [9.17, 15) is 12.8 Å². The van der Waals surface area contributed by atoms with Crippen LogP contribution in [-0.4, -0.2) is 18.2 Å². The first-order chi connectivity index (χ1) is 9.31. The second kappa shape index (κ2) is 5.63. The second-order valence-electron chi connectivity index (χ2n) is 4.28. The van der Waals surface area contributed by atoms with Crippen molar-refractivity contribution in [2.24, 2.45) is 7.05 Å². The van der Waals surface area contributed by atoms with E-state index in [4.69, 9.17) is 0 Å². The number of hydrogen-bond donors (Lipinski definition) is 1. The molecular formula is C12H13BrFN3O2S. The van der Waals surface area contributed by atoms with Crippen LogP contribution in [0.15, 0.2) is 33.8 Å². The topological polar surface area (TPSA) is 64.0 Å². The molecular weight excluding hydrogens is 349 g/mol. The van der Waals surface area contributed by atoms with Crippen LogP contribution < -0.4 is 4.72 Å². The van der Waals surface area contributed by atoms with Crippen LogP contribution in [0.3, 0.4) is 0 Å². The SMILES string of the molecule is Cc1c(CNS(=O)(=O)c2ccc(Br)c(F)c2)cnn1C. The molecule has 1 aromatic carbocycles. The van der Waals surface area contributed by atoms with Crippen LogP contribution in [-0.2, 0) is 23.6 Å². The Hall–Kier alpha value is -1.25. The lowest BCUT2D eigenvalue weighted by Gasteiger charge is -2.07. The zero-order valence-electron chi connectivity index (χ0n) is 10.9. The standard InChI is InChI=1S/C12H13BrFN3O2S/c1-8-9(6-15-17(8)2)7-16-20(18,19)10-3-4-11(13)12(14)5-10/h3-6,16H,7H2,1-2H3. The summed E-state index contributed by atoms with van der Waals surface area (Å²) in [5.74, 6) is -0.620. The Labute approximate surface area is 125 Å². The molecule has 8 heteroatoms. The summed E-state index contributed by atoms with van der Waals surface area (Å²) in [5, 5.41) is 4.03. The van der Waals surface area contributed by atoms with Crippen molar-refractivity contribution in [3.63, 3.8) is 0 Å². The highest BCUT2D eigenvalue weighted by Gasteiger charge is 2.16. The molecule has 0 aliphatic rings. The van der Waals surface area contributed by atoms with E-state index in [1.165, 1.54) is 12.1 Å². The van der Waals surface area contributed by atoms with Gasteiger partial charge in [-0.25, -0.2) is 17.5 Å². The first-order valence-corrected chi connectivity index (χ1v) is 8.01. The van der Waals surface area contributed by atoms with Gasteiger partial charge in [0.15, 0.2) is 0 Å². The lowest BCUT2D eigenvalue weighted by atomic mass is 10.3. The van der Waals surface area contributed by atoms with E-state index in [0.29, 0.717) is 0 Å². The summed E-state index contributed by atoms with van der Waals surface area (Å²) in [5.41, 5.74) is 1.64. The summed E-state index contributed by atoms with van der Waals surface area (Å²) in [6.45, 7) is 1.95. The lowest BCUT2D eigenvalue weighted by Crippen LogP contribution is -2.23. The largest absolute Gasteiger partial charge is 0.273 e. The van der Waals surface area contributed by atoms with Gasteiger partial charge in [-0.1, -0.05) is 0 Å². The van der Waals surface area contributed by atoms with Crippen molar-refractivity contribution in [2.45, 2.75) is 18.4 Å². The molecule has 5 nitrogen and oxygen atoms in total. The van der Waals surface area contributed by atoms with Crippen molar-refractivity contribution in [3.05, 3.63) is 45.9 Å². The molecule has 0 fully saturated rings. The highest BCUT2D eigenvalue weighted by molar-refractivity contribution is 9.10. The number of benzene rings is 1. The number of hydrogen-bond acceptors (Lipinski definition) is 3. The van der Waals surface area contributed by atoms with E-state index in [-0.39, 0.29) is 15.9 Å². The third kappa shape index (κ3) is 3.08. The second-order valence-corrected chi connectivity index (χ2v) is 6.90. The Morgan fingerprint density at radius 1 is 1.45 bits per heavy atom. The predicted octanol–water partition coefficient (Wildman–Crippen LogP) is 2.11. The summed E-state index contributed by atoms with van der Waals surface area (Å²) in [4.78, 5) is -0.111. The number of rotatable bonds is 4. The number of nitrogens with zero attached hydrogens (tertiary/aromatic N) is 2. The average Bonchev–Trinajstić information content (AvgIpc) is 2.71. The van der Waals surface area contributed by atoms with Gasteiger partial charge in [0.2, 0.25) is 10.0 Å². The maximum atomic E-state index is 13.4. The van der Waals surface area contributed by atoms with Gasteiger partial charge < -0.3 is 0 Å². The molecule has 2 aromatic rings. The molecule has 0 aliphatic heterocycles. The van der Waals surface area contributed by atoms with Crippen LogP contribution in [0.1, 0.15) is 11.3 Å². The van der Waals surface area contributed by atoms with Gasteiger partial charge in [0.25, 0.3) is 0 Å². The normalized spacial score (nSPS) is 11.8. The van der Waals surface area contributed by atoms with Crippen molar-refractivity contribution < 1.29 is 12.8 Å². The van der Waals surface area contributed by atoms with E-state index >= 15 is 0 Å². The number of halogens is 2. The maximum Gasteiger partial charge on any atom is 0.240 e. The summed E-state index contributed by atoms with van der Waals surface area (Å²) < 4.78 is 41.8. The van der Waals surface area contributed by atoms with E-state index in [2.05, 4.69) is 25.8 Å². The highest BCUT2D eigenvalue weighted by Crippen LogP contribution is 2.19. The third-order valence-corrected chi connectivity index (χ3v) is 5.03. The van der Waals surface area contributed by atoms with Crippen LogP contribution in [0, 0.1) is 12.7 Å². The maximum absolute atomic E-state index is 13.4. The molecule has 0 unspecified atom stereocenters. The Bertz CT molecular complexity index is 743. The van der Waals surface area contributed by atoms with Gasteiger partial charge in [0, 0.05) is 24.8 Å². The Kier molecular flexibility index (Phi) is 4.26. The summed E-state index contributed by atoms with van der Waals surface area (Å²) in [6.07, 6.45) is 1.60. The number of aromatic nitrogens is 2. The molecule has 0 amide bonds. The molecule has 108 valence electrons. The molecule has 0 spiro atoms. The summed E-state index contributed by atoms with van der Waals surface area (Å²) in [7, 11) is -1.98. The monoisotopic (exact) mass is 361 g/mol. The van der Waals surface area contributed by atoms with Gasteiger partial charge in [-0.2, -0.15) is 5.10 Å². The van der Waals surface area contributed by atoms with Crippen molar-refractivity contribution in [1.29, 1.82) is 0 Å². The molecule has 1 N–H and O–H groups in total.